The summed E-state index contributed by atoms with van der Waals surface area (Å²) in [6.45, 7) is 0. The Hall–Kier alpha value is -6.32. The zero-order chi connectivity index (χ0) is 33.5. The molecule has 0 bridgehead atoms. The average Bonchev–Trinajstić information content (AvgIpc) is 3.84. The van der Waals surface area contributed by atoms with Crippen LogP contribution in [-0.2, 0) is 12.8 Å². The summed E-state index contributed by atoms with van der Waals surface area (Å²) >= 11 is 0. The van der Waals surface area contributed by atoms with Crippen LogP contribution in [0, 0.1) is 0 Å². The molecule has 1 aliphatic carbocycles. The van der Waals surface area contributed by atoms with Gasteiger partial charge in [0.2, 0.25) is 0 Å². The largest absolute Gasteiger partial charge is 0.313 e. The van der Waals surface area contributed by atoms with E-state index in [1.165, 1.54) is 108 Å². The Kier molecular flexibility index (Phi) is 6.20. The Balaban J connectivity index is 1.17. The molecule has 0 radical (unpaired) electrons. The van der Waals surface area contributed by atoms with Gasteiger partial charge in [0.1, 0.15) is 0 Å². The molecule has 242 valence electrons. The van der Waals surface area contributed by atoms with E-state index < -0.39 is 0 Å². The second kappa shape index (κ2) is 11.1. The van der Waals surface area contributed by atoms with Crippen molar-refractivity contribution in [2.24, 2.45) is 0 Å². The van der Waals surface area contributed by atoms with Gasteiger partial charge in [0.15, 0.2) is 0 Å². The lowest BCUT2D eigenvalue weighted by atomic mass is 9.95. The molecule has 0 amide bonds. The molecule has 1 aliphatic rings. The van der Waals surface area contributed by atoms with Crippen LogP contribution in [0.4, 0.5) is 0 Å². The lowest BCUT2D eigenvalue weighted by Gasteiger charge is -2.16. The molecule has 0 N–H and O–H groups in total. The molecule has 3 heteroatoms. The second-order valence-electron chi connectivity index (χ2n) is 14.0. The number of rotatable bonds is 4. The minimum atomic E-state index is 1.13. The first kappa shape index (κ1) is 28.5. The van der Waals surface area contributed by atoms with Crippen molar-refractivity contribution in [1.29, 1.82) is 0 Å². The Bertz CT molecular complexity index is 2970. The summed E-state index contributed by atoms with van der Waals surface area (Å²) in [6.07, 6.45) is 4.82. The molecule has 0 atom stereocenters. The smallest absolute Gasteiger partial charge is 0.0562 e. The van der Waals surface area contributed by atoms with Crippen LogP contribution < -0.4 is 0 Å². The molecule has 3 heterocycles. The van der Waals surface area contributed by atoms with Crippen LogP contribution in [-0.4, -0.2) is 13.7 Å². The maximum Gasteiger partial charge on any atom is 0.0562 e. The minimum absolute atomic E-state index is 1.13. The summed E-state index contributed by atoms with van der Waals surface area (Å²) in [7, 11) is 0. The Morgan fingerprint density at radius 2 is 0.961 bits per heavy atom. The SMILES string of the molecule is c1ccc(-c2cccc(-n3c4ccccc4c4c(-n5c6ccccc6c6cc(-n7c8c(c9ccccc97)CCCC8)ccc65)cccc43)c2)cc1. The summed E-state index contributed by atoms with van der Waals surface area (Å²) in [4.78, 5) is 0. The van der Waals surface area contributed by atoms with Crippen molar-refractivity contribution in [1.82, 2.24) is 13.7 Å². The first-order valence-electron chi connectivity index (χ1n) is 18.2. The van der Waals surface area contributed by atoms with Crippen LogP contribution in [0.1, 0.15) is 24.1 Å². The van der Waals surface area contributed by atoms with Crippen LogP contribution in [0.3, 0.4) is 0 Å². The van der Waals surface area contributed by atoms with Gasteiger partial charge in [-0.1, -0.05) is 103 Å². The number of benzene rings is 7. The van der Waals surface area contributed by atoms with Gasteiger partial charge in [0, 0.05) is 44.0 Å². The summed E-state index contributed by atoms with van der Waals surface area (Å²) in [5.41, 5.74) is 15.2. The molecule has 51 heavy (non-hydrogen) atoms. The molecule has 7 aromatic carbocycles. The molecular formula is C48H35N3. The molecule has 0 fully saturated rings. The minimum Gasteiger partial charge on any atom is -0.313 e. The van der Waals surface area contributed by atoms with E-state index in [4.69, 9.17) is 0 Å². The van der Waals surface area contributed by atoms with Gasteiger partial charge in [-0.15, -0.1) is 0 Å². The topological polar surface area (TPSA) is 14.8 Å². The van der Waals surface area contributed by atoms with E-state index in [1.54, 1.807) is 0 Å². The quantitative estimate of drug-likeness (QED) is 0.180. The number of hydrogen-bond acceptors (Lipinski definition) is 0. The Morgan fingerprint density at radius 3 is 1.80 bits per heavy atom. The van der Waals surface area contributed by atoms with Gasteiger partial charge < -0.3 is 13.7 Å². The molecular weight excluding hydrogens is 619 g/mol. The lowest BCUT2D eigenvalue weighted by Crippen LogP contribution is -2.06. The second-order valence-corrected chi connectivity index (χ2v) is 14.0. The van der Waals surface area contributed by atoms with Crippen molar-refractivity contribution in [3.05, 3.63) is 175 Å². The van der Waals surface area contributed by atoms with E-state index in [2.05, 4.69) is 177 Å². The maximum absolute atomic E-state index is 2.55. The van der Waals surface area contributed by atoms with Crippen LogP contribution in [0.15, 0.2) is 164 Å². The van der Waals surface area contributed by atoms with Crippen molar-refractivity contribution in [3.63, 3.8) is 0 Å². The predicted molar refractivity (Wildman–Crippen MR) is 214 cm³/mol. The third-order valence-electron chi connectivity index (χ3n) is 11.2. The van der Waals surface area contributed by atoms with Gasteiger partial charge in [-0.2, -0.15) is 0 Å². The first-order chi connectivity index (χ1) is 25.3. The van der Waals surface area contributed by atoms with Gasteiger partial charge in [-0.3, -0.25) is 0 Å². The van der Waals surface area contributed by atoms with Crippen LogP contribution in [0.25, 0.3) is 82.7 Å². The molecule has 0 saturated carbocycles. The number of nitrogens with zero attached hydrogens (tertiary/aromatic N) is 3. The van der Waals surface area contributed by atoms with E-state index in [0.717, 1.165) is 12.1 Å². The third-order valence-corrected chi connectivity index (χ3v) is 11.2. The maximum atomic E-state index is 2.55. The monoisotopic (exact) mass is 653 g/mol. The van der Waals surface area contributed by atoms with Crippen LogP contribution in [0.2, 0.25) is 0 Å². The van der Waals surface area contributed by atoms with Gasteiger partial charge in [0.25, 0.3) is 0 Å². The molecule has 0 spiro atoms. The van der Waals surface area contributed by atoms with Crippen molar-refractivity contribution in [2.75, 3.05) is 0 Å². The molecule has 0 saturated heterocycles. The summed E-state index contributed by atoms with van der Waals surface area (Å²) in [5.74, 6) is 0. The van der Waals surface area contributed by atoms with E-state index in [0.29, 0.717) is 0 Å². The van der Waals surface area contributed by atoms with Gasteiger partial charge in [-0.05, 0) is 103 Å². The van der Waals surface area contributed by atoms with Crippen molar-refractivity contribution in [2.45, 2.75) is 25.7 Å². The highest BCUT2D eigenvalue weighted by Crippen LogP contribution is 2.42. The lowest BCUT2D eigenvalue weighted by molar-refractivity contribution is 0.667. The fraction of sp³-hybridized carbons (Fsp3) is 0.0833. The fourth-order valence-corrected chi connectivity index (χ4v) is 9.07. The standard InChI is InChI=1S/C48H35N3/c1-2-14-32(15-3-1)33-16-12-17-34(30-33)50-44-25-11-7-21-39(44)48-46(50)26-13-27-47(48)51-43-24-10-6-20-38(43)40-31-35(28-29-45(40)51)49-41-22-8-4-18-36(41)37-19-5-9-23-42(37)49/h1-4,6-8,10-18,20-22,24-31H,5,9,19,23H2. The number of aryl methyl sites for hydroxylation is 1. The van der Waals surface area contributed by atoms with Gasteiger partial charge in [-0.25, -0.2) is 0 Å². The van der Waals surface area contributed by atoms with E-state index in [-0.39, 0.29) is 0 Å². The van der Waals surface area contributed by atoms with E-state index in [9.17, 15) is 0 Å². The fourth-order valence-electron chi connectivity index (χ4n) is 9.07. The molecule has 3 aromatic heterocycles. The van der Waals surface area contributed by atoms with Crippen molar-refractivity contribution in [3.8, 4) is 28.2 Å². The van der Waals surface area contributed by atoms with Gasteiger partial charge >= 0.3 is 0 Å². The molecule has 11 rings (SSSR count). The molecule has 3 nitrogen and oxygen atoms in total. The third kappa shape index (κ3) is 4.18. The number of aromatic nitrogens is 3. The summed E-state index contributed by atoms with van der Waals surface area (Å²) in [5, 5.41) is 6.47. The van der Waals surface area contributed by atoms with Crippen LogP contribution in [0.5, 0.6) is 0 Å². The first-order valence-corrected chi connectivity index (χ1v) is 18.2. The Morgan fingerprint density at radius 1 is 0.353 bits per heavy atom. The average molecular weight is 654 g/mol. The highest BCUT2D eigenvalue weighted by molar-refractivity contribution is 6.16. The van der Waals surface area contributed by atoms with E-state index >= 15 is 0 Å². The molecule has 10 aromatic rings. The zero-order valence-corrected chi connectivity index (χ0v) is 28.3. The normalized spacial score (nSPS) is 13.2. The molecule has 0 unspecified atom stereocenters. The molecule has 0 aliphatic heterocycles. The summed E-state index contributed by atoms with van der Waals surface area (Å²) in [6, 6.07) is 60.3. The van der Waals surface area contributed by atoms with Gasteiger partial charge in [0.05, 0.1) is 33.3 Å². The number of para-hydroxylation sites is 3. The highest BCUT2D eigenvalue weighted by Gasteiger charge is 2.23. The van der Waals surface area contributed by atoms with E-state index in [1.807, 2.05) is 0 Å². The van der Waals surface area contributed by atoms with Crippen molar-refractivity contribution < 1.29 is 0 Å². The van der Waals surface area contributed by atoms with Crippen LogP contribution >= 0.6 is 0 Å². The number of hydrogen-bond donors (Lipinski definition) is 0. The Labute approximate surface area is 296 Å². The predicted octanol–water partition coefficient (Wildman–Crippen LogP) is 12.4. The summed E-state index contributed by atoms with van der Waals surface area (Å²) < 4.78 is 7.48. The highest BCUT2D eigenvalue weighted by atomic mass is 15.0. The van der Waals surface area contributed by atoms with Crippen molar-refractivity contribution >= 4 is 54.5 Å². The zero-order valence-electron chi connectivity index (χ0n) is 28.3. The number of fused-ring (bicyclic) bond motifs is 9.